The van der Waals surface area contributed by atoms with Gasteiger partial charge in [0.2, 0.25) is 10.0 Å². The van der Waals surface area contributed by atoms with Crippen molar-refractivity contribution in [1.29, 1.82) is 0 Å². The van der Waals surface area contributed by atoms with E-state index in [0.29, 0.717) is 13.1 Å². The molecule has 1 heterocycles. The highest BCUT2D eigenvalue weighted by molar-refractivity contribution is 7.89. The Hall–Kier alpha value is -1.15. The molecule has 2 rings (SSSR count). The average Bonchev–Trinajstić information content (AvgIpc) is 2.58. The Balaban J connectivity index is 1.64. The minimum absolute atomic E-state index is 0.162. The zero-order valence-corrected chi connectivity index (χ0v) is 16.6. The van der Waals surface area contributed by atoms with E-state index in [4.69, 9.17) is 0 Å². The van der Waals surface area contributed by atoms with Crippen molar-refractivity contribution in [3.63, 3.8) is 0 Å². The fourth-order valence-corrected chi connectivity index (χ4v) is 4.16. The summed E-state index contributed by atoms with van der Waals surface area (Å²) in [6.45, 7) is 8.25. The quantitative estimate of drug-likeness (QED) is 0.659. The highest BCUT2D eigenvalue weighted by atomic mass is 32.2. The molecule has 0 radical (unpaired) electrons. The normalized spacial score (nSPS) is 16.6. The maximum atomic E-state index is 11.9. The Bertz CT molecular complexity index is 626. The smallest absolute Gasteiger partial charge is 0.212 e. The third kappa shape index (κ3) is 7.32. The molecule has 0 aromatic heterocycles. The lowest BCUT2D eigenvalue weighted by Crippen LogP contribution is -2.47. The van der Waals surface area contributed by atoms with E-state index < -0.39 is 10.0 Å². The molecular formula is C18H32N4O2S. The van der Waals surface area contributed by atoms with Gasteiger partial charge in [0, 0.05) is 45.0 Å². The van der Waals surface area contributed by atoms with Gasteiger partial charge in [0.15, 0.2) is 0 Å². The first-order chi connectivity index (χ1) is 11.9. The molecule has 0 atom stereocenters. The van der Waals surface area contributed by atoms with Crippen LogP contribution >= 0.6 is 0 Å². The molecule has 1 aliphatic heterocycles. The highest BCUT2D eigenvalue weighted by Crippen LogP contribution is 2.17. The molecule has 25 heavy (non-hydrogen) atoms. The third-order valence-electron chi connectivity index (χ3n) is 4.52. The highest BCUT2D eigenvalue weighted by Gasteiger charge is 2.17. The molecule has 0 bridgehead atoms. The molecule has 1 aromatic rings. The van der Waals surface area contributed by atoms with Crippen LogP contribution in [0.15, 0.2) is 24.3 Å². The van der Waals surface area contributed by atoms with Gasteiger partial charge in [-0.05, 0) is 51.7 Å². The summed E-state index contributed by atoms with van der Waals surface area (Å²) in [5, 5.41) is 0. The molecular weight excluding hydrogens is 336 g/mol. The number of sulfonamides is 1. The van der Waals surface area contributed by atoms with Crippen LogP contribution in [0.5, 0.6) is 0 Å². The Labute approximate surface area is 152 Å². The summed E-state index contributed by atoms with van der Waals surface area (Å²) in [5.41, 5.74) is 2.59. The number of hydrogen-bond acceptors (Lipinski definition) is 5. The van der Waals surface area contributed by atoms with Crippen LogP contribution in [0.1, 0.15) is 12.0 Å². The zero-order valence-electron chi connectivity index (χ0n) is 15.7. The monoisotopic (exact) mass is 368 g/mol. The predicted molar refractivity (Wildman–Crippen MR) is 105 cm³/mol. The van der Waals surface area contributed by atoms with Gasteiger partial charge in [-0.3, -0.25) is 4.90 Å². The van der Waals surface area contributed by atoms with Gasteiger partial charge in [0.25, 0.3) is 0 Å². The van der Waals surface area contributed by atoms with Crippen LogP contribution in [-0.4, -0.2) is 83.9 Å². The molecule has 0 aliphatic carbocycles. The molecule has 1 N–H and O–H groups in total. The second-order valence-electron chi connectivity index (χ2n) is 7.04. The topological polar surface area (TPSA) is 55.9 Å². The van der Waals surface area contributed by atoms with Crippen LogP contribution in [-0.2, 0) is 10.0 Å². The summed E-state index contributed by atoms with van der Waals surface area (Å²) in [7, 11) is 0.615. The summed E-state index contributed by atoms with van der Waals surface area (Å²) in [4.78, 5) is 6.72. The number of aryl methyl sites for hydroxylation is 1. The van der Waals surface area contributed by atoms with Crippen LogP contribution in [0.25, 0.3) is 0 Å². The zero-order chi connectivity index (χ0) is 18.3. The van der Waals surface area contributed by atoms with E-state index in [1.165, 1.54) is 11.3 Å². The average molecular weight is 369 g/mol. The molecule has 0 spiro atoms. The van der Waals surface area contributed by atoms with E-state index in [2.05, 4.69) is 45.7 Å². The maximum Gasteiger partial charge on any atom is 0.212 e. The van der Waals surface area contributed by atoms with Crippen LogP contribution in [0, 0.1) is 6.92 Å². The number of benzene rings is 1. The number of anilines is 1. The summed E-state index contributed by atoms with van der Waals surface area (Å²) < 4.78 is 26.4. The van der Waals surface area contributed by atoms with Crippen molar-refractivity contribution in [1.82, 2.24) is 14.5 Å². The summed E-state index contributed by atoms with van der Waals surface area (Å²) in [5.74, 6) is 0.162. The first kappa shape index (κ1) is 20.2. The molecule has 1 fully saturated rings. The van der Waals surface area contributed by atoms with Gasteiger partial charge in [-0.1, -0.05) is 12.1 Å². The van der Waals surface area contributed by atoms with Gasteiger partial charge in [-0.2, -0.15) is 0 Å². The largest absolute Gasteiger partial charge is 0.369 e. The fraction of sp³-hybridized carbons (Fsp3) is 0.667. The predicted octanol–water partition coefficient (Wildman–Crippen LogP) is 0.988. The standard InChI is InChI=1S/C18H32N4O2S/c1-17-6-4-7-18(16-17)22-12-10-21(11-13-22)9-5-8-19-25(23,24)15-14-20(2)3/h4,6-7,16,19H,5,8-15H2,1-3H3. The van der Waals surface area contributed by atoms with Crippen LogP contribution in [0.2, 0.25) is 0 Å². The van der Waals surface area contributed by atoms with Gasteiger partial charge >= 0.3 is 0 Å². The van der Waals surface area contributed by atoms with Gasteiger partial charge in [-0.15, -0.1) is 0 Å². The molecule has 1 saturated heterocycles. The van der Waals surface area contributed by atoms with E-state index in [9.17, 15) is 8.42 Å². The molecule has 142 valence electrons. The molecule has 6 nitrogen and oxygen atoms in total. The van der Waals surface area contributed by atoms with Crippen LogP contribution in [0.4, 0.5) is 5.69 Å². The van der Waals surface area contributed by atoms with Crippen molar-refractivity contribution in [2.24, 2.45) is 0 Å². The lowest BCUT2D eigenvalue weighted by Gasteiger charge is -2.36. The van der Waals surface area contributed by atoms with E-state index in [-0.39, 0.29) is 5.75 Å². The van der Waals surface area contributed by atoms with Gasteiger partial charge < -0.3 is 9.80 Å². The molecule has 1 aromatic carbocycles. The summed E-state index contributed by atoms with van der Waals surface area (Å²) in [6.07, 6.45) is 0.853. The molecule has 0 amide bonds. The van der Waals surface area contributed by atoms with Gasteiger partial charge in [0.1, 0.15) is 0 Å². The SMILES string of the molecule is Cc1cccc(N2CCN(CCCNS(=O)(=O)CCN(C)C)CC2)c1. The summed E-state index contributed by atoms with van der Waals surface area (Å²) >= 11 is 0. The maximum absolute atomic E-state index is 11.9. The molecule has 7 heteroatoms. The third-order valence-corrected chi connectivity index (χ3v) is 5.88. The lowest BCUT2D eigenvalue weighted by atomic mass is 10.2. The first-order valence-corrected chi connectivity index (χ1v) is 10.7. The van der Waals surface area contributed by atoms with E-state index >= 15 is 0 Å². The van der Waals surface area contributed by atoms with Crippen LogP contribution < -0.4 is 9.62 Å². The van der Waals surface area contributed by atoms with Gasteiger partial charge in [-0.25, -0.2) is 13.1 Å². The van der Waals surface area contributed by atoms with E-state index in [1.54, 1.807) is 0 Å². The summed E-state index contributed by atoms with van der Waals surface area (Å²) in [6, 6.07) is 8.64. The van der Waals surface area contributed by atoms with Crippen molar-refractivity contribution in [3.05, 3.63) is 29.8 Å². The number of piperazine rings is 1. The van der Waals surface area contributed by atoms with Crippen molar-refractivity contribution in [2.75, 3.05) is 70.6 Å². The van der Waals surface area contributed by atoms with Crippen molar-refractivity contribution >= 4 is 15.7 Å². The Morgan fingerprint density at radius 3 is 2.52 bits per heavy atom. The first-order valence-electron chi connectivity index (χ1n) is 9.02. The Morgan fingerprint density at radius 2 is 1.88 bits per heavy atom. The molecule has 1 aliphatic rings. The van der Waals surface area contributed by atoms with Crippen molar-refractivity contribution in [3.8, 4) is 0 Å². The second-order valence-corrected chi connectivity index (χ2v) is 8.96. The number of rotatable bonds is 9. The molecule has 0 unspecified atom stereocenters. The minimum atomic E-state index is -3.15. The van der Waals surface area contributed by atoms with E-state index in [0.717, 1.165) is 39.1 Å². The van der Waals surface area contributed by atoms with Crippen molar-refractivity contribution < 1.29 is 8.42 Å². The Morgan fingerprint density at radius 1 is 1.16 bits per heavy atom. The minimum Gasteiger partial charge on any atom is -0.369 e. The Kier molecular flexibility index (Phi) is 7.68. The second kappa shape index (κ2) is 9.52. The number of nitrogens with zero attached hydrogens (tertiary/aromatic N) is 3. The van der Waals surface area contributed by atoms with Gasteiger partial charge in [0.05, 0.1) is 5.75 Å². The number of hydrogen-bond donors (Lipinski definition) is 1. The van der Waals surface area contributed by atoms with E-state index in [1.807, 2.05) is 19.0 Å². The van der Waals surface area contributed by atoms with Crippen LogP contribution in [0.3, 0.4) is 0 Å². The fourth-order valence-electron chi connectivity index (χ4n) is 2.96. The van der Waals surface area contributed by atoms with Crippen molar-refractivity contribution in [2.45, 2.75) is 13.3 Å². The molecule has 0 saturated carbocycles. The number of nitrogens with one attached hydrogen (secondary N) is 1. The lowest BCUT2D eigenvalue weighted by molar-refractivity contribution is 0.255.